The average molecular weight is 405 g/mol. The first-order valence-corrected chi connectivity index (χ1v) is 11.2. The molecule has 0 saturated carbocycles. The Hall–Kier alpha value is -1.37. The maximum atomic E-state index is 6.28. The predicted octanol–water partition coefficient (Wildman–Crippen LogP) is 3.86. The van der Waals surface area contributed by atoms with Crippen molar-refractivity contribution in [2.75, 3.05) is 38.0 Å². The molecule has 4 rings (SSSR count). The van der Waals surface area contributed by atoms with Gasteiger partial charge < -0.3 is 19.7 Å². The lowest BCUT2D eigenvalue weighted by molar-refractivity contribution is 0.177. The smallest absolute Gasteiger partial charge is 0.226 e. The van der Waals surface area contributed by atoms with Crippen molar-refractivity contribution in [2.45, 2.75) is 64.6 Å². The highest BCUT2D eigenvalue weighted by Gasteiger charge is 2.22. The van der Waals surface area contributed by atoms with Gasteiger partial charge in [0.2, 0.25) is 5.28 Å². The van der Waals surface area contributed by atoms with Gasteiger partial charge in [-0.25, -0.2) is 4.98 Å². The molecule has 2 fully saturated rings. The van der Waals surface area contributed by atoms with Crippen LogP contribution in [0.25, 0.3) is 11.0 Å². The lowest BCUT2D eigenvalue weighted by atomic mass is 10.0. The molecule has 2 aromatic heterocycles. The van der Waals surface area contributed by atoms with E-state index in [1.54, 1.807) is 0 Å². The van der Waals surface area contributed by atoms with Crippen LogP contribution in [0.15, 0.2) is 12.3 Å². The van der Waals surface area contributed by atoms with Crippen molar-refractivity contribution in [3.8, 4) is 0 Å². The fourth-order valence-corrected chi connectivity index (χ4v) is 4.72. The largest absolute Gasteiger partial charge is 0.367 e. The van der Waals surface area contributed by atoms with Gasteiger partial charge in [0.05, 0.1) is 5.39 Å². The van der Waals surface area contributed by atoms with E-state index >= 15 is 0 Å². The fraction of sp³-hybridized carbons (Fsp3) is 0.714. The molecule has 2 aliphatic rings. The van der Waals surface area contributed by atoms with Gasteiger partial charge in [-0.05, 0) is 83.3 Å². The quantitative estimate of drug-likeness (QED) is 0.710. The summed E-state index contributed by atoms with van der Waals surface area (Å²) in [6.45, 7) is 11.5. The van der Waals surface area contributed by atoms with E-state index in [4.69, 9.17) is 11.6 Å². The van der Waals surface area contributed by atoms with Crippen molar-refractivity contribution >= 4 is 28.5 Å². The van der Waals surface area contributed by atoms with E-state index in [1.165, 1.54) is 25.9 Å². The number of halogens is 1. The molecule has 0 aliphatic carbocycles. The number of hydrogen-bond donors (Lipinski definition) is 1. The van der Waals surface area contributed by atoms with Crippen LogP contribution >= 0.6 is 11.6 Å². The third-order valence-corrected chi connectivity index (χ3v) is 6.43. The highest BCUT2D eigenvalue weighted by molar-refractivity contribution is 6.28. The SMILES string of the molecule is CC(C)N1CCC(Nc2nc(Cl)nc3c2ccn3CCCN2CCCC2)CC1. The fourth-order valence-electron chi connectivity index (χ4n) is 4.55. The van der Waals surface area contributed by atoms with E-state index in [0.717, 1.165) is 62.3 Å². The van der Waals surface area contributed by atoms with Crippen LogP contribution in [0.1, 0.15) is 46.0 Å². The van der Waals surface area contributed by atoms with E-state index in [0.29, 0.717) is 17.4 Å². The van der Waals surface area contributed by atoms with Gasteiger partial charge in [0, 0.05) is 37.9 Å². The minimum atomic E-state index is 0.328. The van der Waals surface area contributed by atoms with Gasteiger partial charge in [0.1, 0.15) is 11.5 Å². The second-order valence-corrected chi connectivity index (χ2v) is 8.88. The first-order valence-electron chi connectivity index (χ1n) is 10.9. The Balaban J connectivity index is 1.42. The first-order chi connectivity index (χ1) is 13.6. The van der Waals surface area contributed by atoms with Gasteiger partial charge >= 0.3 is 0 Å². The van der Waals surface area contributed by atoms with Gasteiger partial charge in [-0.3, -0.25) is 0 Å². The molecule has 0 unspecified atom stereocenters. The van der Waals surface area contributed by atoms with Crippen molar-refractivity contribution in [1.82, 2.24) is 24.3 Å². The Labute approximate surface area is 173 Å². The summed E-state index contributed by atoms with van der Waals surface area (Å²) < 4.78 is 2.23. The third kappa shape index (κ3) is 4.61. The lowest BCUT2D eigenvalue weighted by Crippen LogP contribution is -2.42. The molecule has 4 heterocycles. The van der Waals surface area contributed by atoms with Gasteiger partial charge in [0.15, 0.2) is 0 Å². The second kappa shape index (κ2) is 8.97. The summed E-state index contributed by atoms with van der Waals surface area (Å²) >= 11 is 6.28. The Morgan fingerprint density at radius 3 is 2.57 bits per heavy atom. The Bertz CT molecular complexity index is 775. The van der Waals surface area contributed by atoms with Crippen LogP contribution in [0.2, 0.25) is 5.28 Å². The molecule has 0 atom stereocenters. The van der Waals surface area contributed by atoms with Crippen LogP contribution in [0, 0.1) is 0 Å². The zero-order valence-corrected chi connectivity index (χ0v) is 18.0. The minimum Gasteiger partial charge on any atom is -0.367 e. The van der Waals surface area contributed by atoms with Crippen LogP contribution in [-0.2, 0) is 6.54 Å². The summed E-state index contributed by atoms with van der Waals surface area (Å²) in [5.74, 6) is 0.885. The summed E-state index contributed by atoms with van der Waals surface area (Å²) in [7, 11) is 0. The molecule has 2 aliphatic heterocycles. The molecular formula is C21H33ClN6. The number of aromatic nitrogens is 3. The monoisotopic (exact) mass is 404 g/mol. The zero-order chi connectivity index (χ0) is 19.5. The number of nitrogens with zero attached hydrogens (tertiary/aromatic N) is 5. The van der Waals surface area contributed by atoms with Crippen LogP contribution in [0.5, 0.6) is 0 Å². The summed E-state index contributed by atoms with van der Waals surface area (Å²) in [4.78, 5) is 14.1. The number of piperidine rings is 1. The van der Waals surface area contributed by atoms with Crippen LogP contribution < -0.4 is 5.32 Å². The molecule has 0 aromatic carbocycles. The van der Waals surface area contributed by atoms with E-state index in [1.807, 2.05) is 0 Å². The number of rotatable bonds is 7. The van der Waals surface area contributed by atoms with E-state index < -0.39 is 0 Å². The summed E-state index contributed by atoms with van der Waals surface area (Å²) in [5, 5.41) is 5.06. The lowest BCUT2D eigenvalue weighted by Gasteiger charge is -2.35. The number of likely N-dealkylation sites (tertiary alicyclic amines) is 2. The minimum absolute atomic E-state index is 0.328. The normalized spacial score (nSPS) is 19.9. The number of hydrogen-bond acceptors (Lipinski definition) is 5. The molecule has 154 valence electrons. The van der Waals surface area contributed by atoms with Gasteiger partial charge in [-0.15, -0.1) is 0 Å². The maximum Gasteiger partial charge on any atom is 0.226 e. The van der Waals surface area contributed by atoms with Crippen molar-refractivity contribution in [3.05, 3.63) is 17.5 Å². The van der Waals surface area contributed by atoms with Crippen molar-refractivity contribution in [3.63, 3.8) is 0 Å². The molecular weight excluding hydrogens is 372 g/mol. The number of fused-ring (bicyclic) bond motifs is 1. The summed E-state index contributed by atoms with van der Waals surface area (Å²) in [5.41, 5.74) is 0.948. The highest BCUT2D eigenvalue weighted by atomic mass is 35.5. The second-order valence-electron chi connectivity index (χ2n) is 8.54. The highest BCUT2D eigenvalue weighted by Crippen LogP contribution is 2.26. The molecule has 1 N–H and O–H groups in total. The Kier molecular flexibility index (Phi) is 6.38. The molecule has 6 nitrogen and oxygen atoms in total. The molecule has 0 amide bonds. The summed E-state index contributed by atoms with van der Waals surface area (Å²) in [6.07, 6.45) is 8.24. The number of anilines is 1. The van der Waals surface area contributed by atoms with Crippen LogP contribution in [0.3, 0.4) is 0 Å². The molecule has 7 heteroatoms. The topological polar surface area (TPSA) is 49.2 Å². The van der Waals surface area contributed by atoms with Crippen molar-refractivity contribution in [1.29, 1.82) is 0 Å². The van der Waals surface area contributed by atoms with E-state index in [-0.39, 0.29) is 0 Å². The van der Waals surface area contributed by atoms with Crippen molar-refractivity contribution < 1.29 is 0 Å². The van der Waals surface area contributed by atoms with E-state index in [9.17, 15) is 0 Å². The standard InChI is InChI=1S/C21H33ClN6/c1-16(2)27-13-6-17(7-14-27)23-19-18-8-15-28(20(18)25-21(22)24-19)12-5-11-26-9-3-4-10-26/h8,15-17H,3-7,9-14H2,1-2H3,(H,23,24,25). The zero-order valence-electron chi connectivity index (χ0n) is 17.2. The van der Waals surface area contributed by atoms with Crippen LogP contribution in [-0.4, -0.2) is 69.1 Å². The Morgan fingerprint density at radius 1 is 1.11 bits per heavy atom. The number of nitrogens with one attached hydrogen (secondary N) is 1. The molecule has 0 spiro atoms. The maximum absolute atomic E-state index is 6.28. The Morgan fingerprint density at radius 2 is 1.86 bits per heavy atom. The van der Waals surface area contributed by atoms with Crippen molar-refractivity contribution in [2.24, 2.45) is 0 Å². The predicted molar refractivity (Wildman–Crippen MR) is 116 cm³/mol. The van der Waals surface area contributed by atoms with E-state index in [2.05, 4.69) is 55.8 Å². The van der Waals surface area contributed by atoms with Gasteiger partial charge in [0.25, 0.3) is 0 Å². The molecule has 28 heavy (non-hydrogen) atoms. The third-order valence-electron chi connectivity index (χ3n) is 6.26. The molecule has 2 aromatic rings. The number of aryl methyl sites for hydroxylation is 1. The molecule has 0 radical (unpaired) electrons. The van der Waals surface area contributed by atoms with Gasteiger partial charge in [-0.1, -0.05) is 0 Å². The molecule has 2 saturated heterocycles. The van der Waals surface area contributed by atoms with Gasteiger partial charge in [-0.2, -0.15) is 4.98 Å². The first kappa shape index (κ1) is 19.9. The van der Waals surface area contributed by atoms with Crippen LogP contribution in [0.4, 0.5) is 5.82 Å². The summed E-state index contributed by atoms with van der Waals surface area (Å²) in [6, 6.07) is 3.20. The molecule has 0 bridgehead atoms. The average Bonchev–Trinajstić information content (AvgIpc) is 3.33.